The predicted molar refractivity (Wildman–Crippen MR) is 122 cm³/mol. The third-order valence-electron chi connectivity index (χ3n) is 5.23. The van der Waals surface area contributed by atoms with Crippen molar-refractivity contribution in [2.75, 3.05) is 17.4 Å². The Labute approximate surface area is 184 Å². The van der Waals surface area contributed by atoms with Crippen molar-refractivity contribution in [1.29, 1.82) is 0 Å². The molecule has 1 heterocycles. The number of sulfonamides is 1. The highest BCUT2D eigenvalue weighted by Crippen LogP contribution is 2.43. The summed E-state index contributed by atoms with van der Waals surface area (Å²) in [4.78, 5) is 12.9. The van der Waals surface area contributed by atoms with Crippen LogP contribution in [0, 0.1) is 0 Å². The zero-order chi connectivity index (χ0) is 21.3. The molecule has 0 aliphatic carbocycles. The van der Waals surface area contributed by atoms with Gasteiger partial charge in [0.25, 0.3) is 10.0 Å². The topological polar surface area (TPSA) is 66.5 Å². The number of fused-ring (bicyclic) bond motifs is 3. The first-order valence-corrected chi connectivity index (χ1v) is 11.8. The van der Waals surface area contributed by atoms with Crippen molar-refractivity contribution in [3.05, 3.63) is 82.8 Å². The van der Waals surface area contributed by atoms with Gasteiger partial charge in [-0.1, -0.05) is 71.4 Å². The van der Waals surface area contributed by atoms with E-state index in [4.69, 9.17) is 0 Å². The van der Waals surface area contributed by atoms with Crippen molar-refractivity contribution in [3.63, 3.8) is 0 Å². The molecule has 1 N–H and O–H groups in total. The van der Waals surface area contributed by atoms with Gasteiger partial charge in [-0.2, -0.15) is 0 Å². The number of carbonyl (C=O) groups excluding carboxylic acids is 1. The molecule has 4 rings (SSSR count). The van der Waals surface area contributed by atoms with Crippen molar-refractivity contribution in [2.24, 2.45) is 0 Å². The summed E-state index contributed by atoms with van der Waals surface area (Å²) in [6.07, 6.45) is 0. The van der Waals surface area contributed by atoms with E-state index in [1.54, 1.807) is 30.3 Å². The quantitative estimate of drug-likeness (QED) is 0.577. The second-order valence-electron chi connectivity index (χ2n) is 7.29. The van der Waals surface area contributed by atoms with Gasteiger partial charge in [0.15, 0.2) is 0 Å². The first-order valence-electron chi connectivity index (χ1n) is 9.61. The van der Waals surface area contributed by atoms with E-state index in [0.29, 0.717) is 17.8 Å². The van der Waals surface area contributed by atoms with Gasteiger partial charge in [-0.25, -0.2) is 8.42 Å². The van der Waals surface area contributed by atoms with E-state index in [1.807, 2.05) is 49.4 Å². The van der Waals surface area contributed by atoms with Gasteiger partial charge in [-0.15, -0.1) is 0 Å². The number of rotatable bonds is 5. The van der Waals surface area contributed by atoms with Crippen LogP contribution in [0.15, 0.2) is 82.2 Å². The molecule has 5 nitrogen and oxygen atoms in total. The van der Waals surface area contributed by atoms with Crippen LogP contribution < -0.4 is 9.62 Å². The summed E-state index contributed by atoms with van der Waals surface area (Å²) < 4.78 is 28.6. The zero-order valence-electron chi connectivity index (χ0n) is 16.4. The lowest BCUT2D eigenvalue weighted by atomic mass is 10.0. The molecule has 3 aromatic rings. The molecule has 154 valence electrons. The fraction of sp³-hybridized carbons (Fsp3) is 0.174. The van der Waals surface area contributed by atoms with Gasteiger partial charge in [-0.3, -0.25) is 9.10 Å². The molecule has 1 aliphatic heterocycles. The normalized spacial score (nSPS) is 15.1. The number of nitrogens with one attached hydrogen (secondary N) is 1. The minimum absolute atomic E-state index is 0.122. The molecule has 0 fully saturated rings. The Bertz CT molecular complexity index is 1200. The Hall–Kier alpha value is -2.64. The summed E-state index contributed by atoms with van der Waals surface area (Å²) >= 11 is 3.46. The Morgan fingerprint density at radius 1 is 1.00 bits per heavy atom. The molecule has 1 amide bonds. The van der Waals surface area contributed by atoms with Crippen LogP contribution in [0.4, 0.5) is 5.69 Å². The molecule has 0 bridgehead atoms. The molecule has 7 heteroatoms. The van der Waals surface area contributed by atoms with Crippen LogP contribution >= 0.6 is 15.9 Å². The molecular weight excluding hydrogens is 464 g/mol. The van der Waals surface area contributed by atoms with Crippen LogP contribution in [0.3, 0.4) is 0 Å². The van der Waals surface area contributed by atoms with Crippen molar-refractivity contribution >= 4 is 37.5 Å². The summed E-state index contributed by atoms with van der Waals surface area (Å²) in [7, 11) is -3.84. The van der Waals surface area contributed by atoms with E-state index in [-0.39, 0.29) is 23.3 Å². The summed E-state index contributed by atoms with van der Waals surface area (Å²) in [5, 5.41) is 2.88. The maximum Gasteiger partial charge on any atom is 0.265 e. The maximum atomic E-state index is 13.3. The van der Waals surface area contributed by atoms with Crippen molar-refractivity contribution in [3.8, 4) is 11.1 Å². The van der Waals surface area contributed by atoms with Gasteiger partial charge in [0.1, 0.15) is 6.54 Å². The SMILES string of the molecule is C[C@H](CNC(=O)CN1c2ccc(Br)cc2-c2ccccc2S1(=O)=O)c1ccccc1. The molecule has 30 heavy (non-hydrogen) atoms. The molecule has 0 spiro atoms. The second kappa shape index (κ2) is 8.24. The number of halogens is 1. The van der Waals surface area contributed by atoms with Crippen LogP contribution in [-0.4, -0.2) is 27.4 Å². The Kier molecular flexibility index (Phi) is 5.66. The molecule has 3 aromatic carbocycles. The van der Waals surface area contributed by atoms with E-state index < -0.39 is 10.0 Å². The summed E-state index contributed by atoms with van der Waals surface area (Å²) in [5.74, 6) is -0.216. The van der Waals surface area contributed by atoms with Crippen molar-refractivity contribution < 1.29 is 13.2 Å². The van der Waals surface area contributed by atoms with Crippen molar-refractivity contribution in [1.82, 2.24) is 5.32 Å². The number of anilines is 1. The Balaban J connectivity index is 1.59. The summed E-state index contributed by atoms with van der Waals surface area (Å²) in [6.45, 7) is 2.18. The average molecular weight is 485 g/mol. The van der Waals surface area contributed by atoms with Gasteiger partial charge in [0.05, 0.1) is 10.6 Å². The third kappa shape index (κ3) is 3.87. The number of benzene rings is 3. The van der Waals surface area contributed by atoms with Crippen LogP contribution in [0.25, 0.3) is 11.1 Å². The number of amides is 1. The van der Waals surface area contributed by atoms with E-state index in [1.165, 1.54) is 4.31 Å². The average Bonchev–Trinajstić information content (AvgIpc) is 2.76. The van der Waals surface area contributed by atoms with Crippen LogP contribution in [0.5, 0.6) is 0 Å². The molecule has 0 unspecified atom stereocenters. The Morgan fingerprint density at radius 2 is 1.70 bits per heavy atom. The number of carbonyl (C=O) groups is 1. The van der Waals surface area contributed by atoms with Crippen molar-refractivity contribution in [2.45, 2.75) is 17.7 Å². The predicted octanol–water partition coefficient (Wildman–Crippen LogP) is 4.54. The van der Waals surface area contributed by atoms with E-state index in [9.17, 15) is 13.2 Å². The lowest BCUT2D eigenvalue weighted by molar-refractivity contribution is -0.119. The molecular formula is C23H21BrN2O3S. The highest BCUT2D eigenvalue weighted by Gasteiger charge is 2.35. The van der Waals surface area contributed by atoms with Gasteiger partial charge >= 0.3 is 0 Å². The number of nitrogens with zero attached hydrogens (tertiary/aromatic N) is 1. The first kappa shape index (κ1) is 20.6. The third-order valence-corrected chi connectivity index (χ3v) is 7.54. The summed E-state index contributed by atoms with van der Waals surface area (Å²) in [6, 6.07) is 22.2. The standard InChI is InChI=1S/C23H21BrN2O3S/c1-16(17-7-3-2-4-8-17)14-25-23(27)15-26-21-12-11-18(24)13-20(21)19-9-5-6-10-22(19)30(26,28)29/h2-13,16H,14-15H2,1H3,(H,25,27)/t16-/m1/s1. The molecule has 0 saturated carbocycles. The first-order chi connectivity index (χ1) is 14.4. The van der Waals surface area contributed by atoms with Crippen LogP contribution in [-0.2, 0) is 14.8 Å². The second-order valence-corrected chi connectivity index (χ2v) is 10.0. The monoisotopic (exact) mass is 484 g/mol. The number of hydrogen-bond acceptors (Lipinski definition) is 3. The zero-order valence-corrected chi connectivity index (χ0v) is 18.8. The van der Waals surface area contributed by atoms with E-state index in [0.717, 1.165) is 15.6 Å². The molecule has 1 aliphatic rings. The lowest BCUT2D eigenvalue weighted by Gasteiger charge is -2.31. The molecule has 0 saturated heterocycles. The van der Waals surface area contributed by atoms with E-state index in [2.05, 4.69) is 21.2 Å². The highest BCUT2D eigenvalue weighted by atomic mass is 79.9. The smallest absolute Gasteiger partial charge is 0.265 e. The van der Waals surface area contributed by atoms with Gasteiger partial charge in [0, 0.05) is 22.1 Å². The molecule has 0 aromatic heterocycles. The summed E-state index contributed by atoms with van der Waals surface area (Å²) in [5.41, 5.74) is 3.04. The molecule has 1 atom stereocenters. The van der Waals surface area contributed by atoms with Gasteiger partial charge in [0.2, 0.25) is 5.91 Å². The Morgan fingerprint density at radius 3 is 2.47 bits per heavy atom. The highest BCUT2D eigenvalue weighted by molar-refractivity contribution is 9.10. The van der Waals surface area contributed by atoms with E-state index >= 15 is 0 Å². The maximum absolute atomic E-state index is 13.3. The van der Waals surface area contributed by atoms with Crippen LogP contribution in [0.2, 0.25) is 0 Å². The largest absolute Gasteiger partial charge is 0.354 e. The fourth-order valence-corrected chi connectivity index (χ4v) is 5.64. The lowest BCUT2D eigenvalue weighted by Crippen LogP contribution is -2.43. The molecule has 0 radical (unpaired) electrons. The van der Waals surface area contributed by atoms with Gasteiger partial charge < -0.3 is 5.32 Å². The minimum Gasteiger partial charge on any atom is -0.354 e. The minimum atomic E-state index is -3.84. The number of hydrogen-bond donors (Lipinski definition) is 1. The fourth-order valence-electron chi connectivity index (χ4n) is 3.63. The van der Waals surface area contributed by atoms with Gasteiger partial charge in [-0.05, 0) is 35.7 Å². The van der Waals surface area contributed by atoms with Crippen LogP contribution in [0.1, 0.15) is 18.4 Å².